The first kappa shape index (κ1) is 10.6. The SMILES string of the molecule is CCCSc1c(CO)c(C)nn1C. The molecule has 0 saturated heterocycles. The van der Waals surface area contributed by atoms with Crippen LogP contribution in [-0.2, 0) is 13.7 Å². The van der Waals surface area contributed by atoms with Crippen LogP contribution in [0.15, 0.2) is 5.03 Å². The minimum atomic E-state index is 0.0890. The first-order valence-corrected chi connectivity index (χ1v) is 5.45. The third kappa shape index (κ3) is 2.25. The summed E-state index contributed by atoms with van der Waals surface area (Å²) in [5.74, 6) is 1.08. The largest absolute Gasteiger partial charge is 0.392 e. The van der Waals surface area contributed by atoms with E-state index in [0.29, 0.717) is 0 Å². The van der Waals surface area contributed by atoms with Gasteiger partial charge in [0.05, 0.1) is 17.3 Å². The monoisotopic (exact) mass is 200 g/mol. The van der Waals surface area contributed by atoms with E-state index in [2.05, 4.69) is 12.0 Å². The summed E-state index contributed by atoms with van der Waals surface area (Å²) in [6.07, 6.45) is 1.14. The Hall–Kier alpha value is -0.480. The molecule has 1 aromatic rings. The van der Waals surface area contributed by atoms with Crippen LogP contribution in [0.2, 0.25) is 0 Å². The molecule has 0 saturated carbocycles. The van der Waals surface area contributed by atoms with Gasteiger partial charge in [0, 0.05) is 12.6 Å². The van der Waals surface area contributed by atoms with Crippen LogP contribution in [0.25, 0.3) is 0 Å². The molecule has 0 aliphatic rings. The Bertz CT molecular complexity index is 283. The number of aromatic nitrogens is 2. The normalized spacial score (nSPS) is 10.8. The highest BCUT2D eigenvalue weighted by molar-refractivity contribution is 7.99. The highest BCUT2D eigenvalue weighted by atomic mass is 32.2. The lowest BCUT2D eigenvalue weighted by Crippen LogP contribution is -1.94. The maximum Gasteiger partial charge on any atom is 0.0994 e. The van der Waals surface area contributed by atoms with E-state index in [9.17, 15) is 0 Å². The Morgan fingerprint density at radius 3 is 2.77 bits per heavy atom. The zero-order valence-electron chi connectivity index (χ0n) is 8.37. The van der Waals surface area contributed by atoms with Gasteiger partial charge in [0.1, 0.15) is 0 Å². The van der Waals surface area contributed by atoms with E-state index in [4.69, 9.17) is 5.11 Å². The number of nitrogens with zero attached hydrogens (tertiary/aromatic N) is 2. The maximum absolute atomic E-state index is 9.15. The summed E-state index contributed by atoms with van der Waals surface area (Å²) in [5.41, 5.74) is 1.91. The Morgan fingerprint density at radius 2 is 2.23 bits per heavy atom. The Kier molecular flexibility index (Phi) is 3.81. The number of aryl methyl sites for hydroxylation is 2. The van der Waals surface area contributed by atoms with E-state index < -0.39 is 0 Å². The van der Waals surface area contributed by atoms with E-state index in [1.165, 1.54) is 0 Å². The first-order chi connectivity index (χ1) is 6.20. The van der Waals surface area contributed by atoms with Gasteiger partial charge in [-0.15, -0.1) is 11.8 Å². The molecule has 0 aliphatic heterocycles. The van der Waals surface area contributed by atoms with Gasteiger partial charge in [-0.25, -0.2) is 0 Å². The van der Waals surface area contributed by atoms with Crippen LogP contribution in [0.1, 0.15) is 24.6 Å². The van der Waals surface area contributed by atoms with Gasteiger partial charge in [-0.1, -0.05) is 6.92 Å². The molecule has 1 heterocycles. The van der Waals surface area contributed by atoms with Crippen LogP contribution in [0.5, 0.6) is 0 Å². The van der Waals surface area contributed by atoms with Crippen molar-refractivity contribution in [1.29, 1.82) is 0 Å². The van der Waals surface area contributed by atoms with Crippen LogP contribution in [0, 0.1) is 6.92 Å². The highest BCUT2D eigenvalue weighted by Crippen LogP contribution is 2.25. The maximum atomic E-state index is 9.15. The van der Waals surface area contributed by atoms with E-state index in [-0.39, 0.29) is 6.61 Å². The fourth-order valence-corrected chi connectivity index (χ4v) is 2.25. The Balaban J connectivity index is 2.89. The van der Waals surface area contributed by atoms with Gasteiger partial charge in [0.2, 0.25) is 0 Å². The highest BCUT2D eigenvalue weighted by Gasteiger charge is 2.11. The van der Waals surface area contributed by atoms with Gasteiger partial charge in [-0.3, -0.25) is 4.68 Å². The van der Waals surface area contributed by atoms with Gasteiger partial charge in [0.15, 0.2) is 0 Å². The summed E-state index contributed by atoms with van der Waals surface area (Å²) in [5, 5.41) is 14.5. The molecule has 74 valence electrons. The van der Waals surface area contributed by atoms with Gasteiger partial charge < -0.3 is 5.11 Å². The summed E-state index contributed by atoms with van der Waals surface area (Å²) < 4.78 is 1.85. The minimum Gasteiger partial charge on any atom is -0.392 e. The van der Waals surface area contributed by atoms with Crippen molar-refractivity contribution < 1.29 is 5.11 Å². The van der Waals surface area contributed by atoms with Crippen LogP contribution in [0.3, 0.4) is 0 Å². The summed E-state index contributed by atoms with van der Waals surface area (Å²) in [6.45, 7) is 4.17. The smallest absolute Gasteiger partial charge is 0.0994 e. The molecule has 1 aromatic heterocycles. The molecule has 3 nitrogen and oxygen atoms in total. The number of aliphatic hydroxyl groups is 1. The van der Waals surface area contributed by atoms with Crippen LogP contribution in [0.4, 0.5) is 0 Å². The summed E-state index contributed by atoms with van der Waals surface area (Å²) in [4.78, 5) is 0. The zero-order valence-corrected chi connectivity index (χ0v) is 9.19. The number of thioether (sulfide) groups is 1. The predicted octanol–water partition coefficient (Wildman–Crippen LogP) is 1.72. The fraction of sp³-hybridized carbons (Fsp3) is 0.667. The Morgan fingerprint density at radius 1 is 1.54 bits per heavy atom. The van der Waals surface area contributed by atoms with E-state index in [0.717, 1.165) is 28.5 Å². The van der Waals surface area contributed by atoms with Crippen molar-refractivity contribution in [1.82, 2.24) is 9.78 Å². The van der Waals surface area contributed by atoms with Crippen molar-refractivity contribution in [2.75, 3.05) is 5.75 Å². The molecule has 0 fully saturated rings. The van der Waals surface area contributed by atoms with Crippen molar-refractivity contribution in [2.45, 2.75) is 31.9 Å². The molecule has 0 spiro atoms. The molecular weight excluding hydrogens is 184 g/mol. The molecule has 13 heavy (non-hydrogen) atoms. The molecule has 0 radical (unpaired) electrons. The Labute approximate surface area is 83.1 Å². The molecule has 1 rings (SSSR count). The molecule has 0 aromatic carbocycles. The average molecular weight is 200 g/mol. The van der Waals surface area contributed by atoms with E-state index >= 15 is 0 Å². The number of hydrogen-bond acceptors (Lipinski definition) is 3. The van der Waals surface area contributed by atoms with E-state index in [1.807, 2.05) is 18.7 Å². The topological polar surface area (TPSA) is 38.1 Å². The van der Waals surface area contributed by atoms with Crippen molar-refractivity contribution >= 4 is 11.8 Å². The predicted molar refractivity (Wildman–Crippen MR) is 54.9 cm³/mol. The second-order valence-electron chi connectivity index (χ2n) is 3.00. The third-order valence-corrected chi connectivity index (χ3v) is 3.29. The van der Waals surface area contributed by atoms with Gasteiger partial charge in [-0.05, 0) is 19.1 Å². The standard InChI is InChI=1S/C9H16N2OS/c1-4-5-13-9-8(6-12)7(2)10-11(9)3/h12H,4-6H2,1-3H3. The molecule has 0 bridgehead atoms. The summed E-state index contributed by atoms with van der Waals surface area (Å²) >= 11 is 1.76. The number of aliphatic hydroxyl groups excluding tert-OH is 1. The van der Waals surface area contributed by atoms with Crippen LogP contribution < -0.4 is 0 Å². The lowest BCUT2D eigenvalue weighted by molar-refractivity contribution is 0.277. The minimum absolute atomic E-state index is 0.0890. The quantitative estimate of drug-likeness (QED) is 0.752. The zero-order chi connectivity index (χ0) is 9.84. The van der Waals surface area contributed by atoms with Crippen LogP contribution >= 0.6 is 11.8 Å². The molecule has 0 aliphatic carbocycles. The molecule has 4 heteroatoms. The number of rotatable bonds is 4. The second kappa shape index (κ2) is 4.67. The van der Waals surface area contributed by atoms with E-state index in [1.54, 1.807) is 11.8 Å². The molecule has 0 atom stereocenters. The average Bonchev–Trinajstić information content (AvgIpc) is 2.37. The molecule has 0 unspecified atom stereocenters. The molecule has 1 N–H and O–H groups in total. The first-order valence-electron chi connectivity index (χ1n) is 4.46. The van der Waals surface area contributed by atoms with Crippen LogP contribution in [-0.4, -0.2) is 20.6 Å². The fourth-order valence-electron chi connectivity index (χ4n) is 1.24. The van der Waals surface area contributed by atoms with Crippen molar-refractivity contribution in [3.63, 3.8) is 0 Å². The molecular formula is C9H16N2OS. The van der Waals surface area contributed by atoms with Crippen molar-refractivity contribution in [3.05, 3.63) is 11.3 Å². The lowest BCUT2D eigenvalue weighted by atomic mass is 10.3. The van der Waals surface area contributed by atoms with Gasteiger partial charge in [0.25, 0.3) is 0 Å². The summed E-state index contributed by atoms with van der Waals surface area (Å²) in [6, 6.07) is 0. The van der Waals surface area contributed by atoms with Crippen molar-refractivity contribution in [3.8, 4) is 0 Å². The third-order valence-electron chi connectivity index (χ3n) is 1.89. The molecule has 0 amide bonds. The van der Waals surface area contributed by atoms with Crippen molar-refractivity contribution in [2.24, 2.45) is 7.05 Å². The lowest BCUT2D eigenvalue weighted by Gasteiger charge is -2.02. The summed E-state index contributed by atoms with van der Waals surface area (Å²) in [7, 11) is 1.92. The second-order valence-corrected chi connectivity index (χ2v) is 4.08. The van der Waals surface area contributed by atoms with Gasteiger partial charge >= 0.3 is 0 Å². The van der Waals surface area contributed by atoms with Gasteiger partial charge in [-0.2, -0.15) is 5.10 Å². The number of hydrogen-bond donors (Lipinski definition) is 1.